The molecule has 2 aromatic rings. The fourth-order valence-corrected chi connectivity index (χ4v) is 3.23. The van der Waals surface area contributed by atoms with Crippen LogP contribution in [-0.4, -0.2) is 24.8 Å². The number of allylic oxidation sites excluding steroid dienone is 1. The predicted octanol–water partition coefficient (Wildman–Crippen LogP) is 6.32. The lowest BCUT2D eigenvalue weighted by atomic mass is 10.0. The molecule has 2 aromatic carbocycles. The van der Waals surface area contributed by atoms with Crippen LogP contribution in [0.1, 0.15) is 62.1 Å². The van der Waals surface area contributed by atoms with E-state index in [-0.39, 0.29) is 6.42 Å². The van der Waals surface area contributed by atoms with Crippen molar-refractivity contribution in [2.24, 2.45) is 0 Å². The van der Waals surface area contributed by atoms with Crippen LogP contribution in [0.3, 0.4) is 0 Å². The van der Waals surface area contributed by atoms with Gasteiger partial charge in [0.25, 0.3) is 0 Å². The molecule has 0 amide bonds. The van der Waals surface area contributed by atoms with Crippen molar-refractivity contribution < 1.29 is 19.4 Å². The Morgan fingerprint density at radius 3 is 2.53 bits per heavy atom. The van der Waals surface area contributed by atoms with E-state index in [2.05, 4.69) is 31.2 Å². The van der Waals surface area contributed by atoms with Gasteiger partial charge in [-0.2, -0.15) is 0 Å². The lowest BCUT2D eigenvalue weighted by Crippen LogP contribution is -2.04. The number of ether oxygens (including phenoxy) is 2. The summed E-state index contributed by atoms with van der Waals surface area (Å²) in [6.07, 6.45) is 11.3. The first-order valence-corrected chi connectivity index (χ1v) is 10.9. The maximum atomic E-state index is 11.0. The molecule has 0 radical (unpaired) electrons. The van der Waals surface area contributed by atoms with Crippen molar-refractivity contribution in [1.82, 2.24) is 0 Å². The minimum absolute atomic E-state index is 0.129. The van der Waals surface area contributed by atoms with Crippen LogP contribution in [-0.2, 0) is 17.6 Å². The maximum Gasteiger partial charge on any atom is 0.303 e. The molecule has 0 aliphatic carbocycles. The third kappa shape index (κ3) is 8.73. The lowest BCUT2D eigenvalue weighted by Gasteiger charge is -2.13. The van der Waals surface area contributed by atoms with E-state index in [0.717, 1.165) is 55.6 Å². The first-order chi connectivity index (χ1) is 14.6. The Morgan fingerprint density at radius 2 is 1.83 bits per heavy atom. The zero-order chi connectivity index (χ0) is 21.6. The van der Waals surface area contributed by atoms with Gasteiger partial charge >= 0.3 is 5.97 Å². The topological polar surface area (TPSA) is 55.8 Å². The number of rotatable bonds is 14. The highest BCUT2D eigenvalue weighted by Gasteiger charge is 2.08. The number of methoxy groups -OCH3 is 1. The molecule has 4 nitrogen and oxygen atoms in total. The highest BCUT2D eigenvalue weighted by atomic mass is 16.5. The first kappa shape index (κ1) is 23.5. The van der Waals surface area contributed by atoms with Crippen molar-refractivity contribution in [3.63, 3.8) is 0 Å². The summed E-state index contributed by atoms with van der Waals surface area (Å²) >= 11 is 0. The number of carboxylic acids is 1. The SMILES string of the molecule is CCCCc1ccc(OCCCC/C=C/c2ccc(OC)cc2)c(CCC(=O)O)c1. The largest absolute Gasteiger partial charge is 0.497 e. The second kappa shape index (κ2) is 13.5. The lowest BCUT2D eigenvalue weighted by molar-refractivity contribution is -0.136. The molecule has 162 valence electrons. The first-order valence-electron chi connectivity index (χ1n) is 10.9. The van der Waals surface area contributed by atoms with Crippen molar-refractivity contribution in [2.45, 2.75) is 58.3 Å². The molecule has 0 aliphatic heterocycles. The van der Waals surface area contributed by atoms with E-state index in [1.807, 2.05) is 30.3 Å². The van der Waals surface area contributed by atoms with Crippen LogP contribution in [0, 0.1) is 0 Å². The van der Waals surface area contributed by atoms with Crippen LogP contribution in [0.2, 0.25) is 0 Å². The number of carboxylic acid groups (broad SMARTS) is 1. The summed E-state index contributed by atoms with van der Waals surface area (Å²) in [6.45, 7) is 2.82. The van der Waals surface area contributed by atoms with E-state index in [1.54, 1.807) is 7.11 Å². The molecule has 30 heavy (non-hydrogen) atoms. The van der Waals surface area contributed by atoms with Crippen LogP contribution >= 0.6 is 0 Å². The normalized spacial score (nSPS) is 11.0. The Hall–Kier alpha value is -2.75. The van der Waals surface area contributed by atoms with Gasteiger partial charge in [-0.05, 0) is 73.4 Å². The number of hydrogen-bond acceptors (Lipinski definition) is 3. The van der Waals surface area contributed by atoms with Gasteiger partial charge in [-0.1, -0.05) is 49.8 Å². The molecular weight excluding hydrogens is 376 g/mol. The van der Waals surface area contributed by atoms with E-state index >= 15 is 0 Å². The summed E-state index contributed by atoms with van der Waals surface area (Å²) in [5.74, 6) is 0.916. The average molecular weight is 411 g/mol. The minimum Gasteiger partial charge on any atom is -0.497 e. The van der Waals surface area contributed by atoms with E-state index in [1.165, 1.54) is 11.1 Å². The highest BCUT2D eigenvalue weighted by Crippen LogP contribution is 2.23. The van der Waals surface area contributed by atoms with E-state index in [9.17, 15) is 4.79 Å². The van der Waals surface area contributed by atoms with Crippen molar-refractivity contribution in [1.29, 1.82) is 0 Å². The van der Waals surface area contributed by atoms with Crippen LogP contribution in [0.15, 0.2) is 48.5 Å². The summed E-state index contributed by atoms with van der Waals surface area (Å²) in [6, 6.07) is 14.2. The van der Waals surface area contributed by atoms with E-state index < -0.39 is 5.97 Å². The Balaban J connectivity index is 1.77. The molecule has 0 aliphatic rings. The Bertz CT molecular complexity index is 793. The Morgan fingerprint density at radius 1 is 1.03 bits per heavy atom. The molecule has 1 N–H and O–H groups in total. The molecule has 0 saturated heterocycles. The zero-order valence-electron chi connectivity index (χ0n) is 18.2. The number of carbonyl (C=O) groups is 1. The number of aryl methyl sites for hydroxylation is 2. The number of aliphatic carboxylic acids is 1. The molecule has 0 bridgehead atoms. The summed E-state index contributed by atoms with van der Waals surface area (Å²) < 4.78 is 11.2. The quantitative estimate of drug-likeness (QED) is 0.370. The van der Waals surface area contributed by atoms with Crippen LogP contribution < -0.4 is 9.47 Å². The molecule has 0 unspecified atom stereocenters. The fourth-order valence-electron chi connectivity index (χ4n) is 3.23. The third-order valence-electron chi connectivity index (χ3n) is 5.00. The Kier molecular flexibility index (Phi) is 10.6. The highest BCUT2D eigenvalue weighted by molar-refractivity contribution is 5.67. The predicted molar refractivity (Wildman–Crippen MR) is 122 cm³/mol. The van der Waals surface area contributed by atoms with Gasteiger partial charge in [0.2, 0.25) is 0 Å². The van der Waals surface area contributed by atoms with Crippen LogP contribution in [0.25, 0.3) is 6.08 Å². The fraction of sp³-hybridized carbons (Fsp3) is 0.423. The van der Waals surface area contributed by atoms with Gasteiger partial charge in [0.1, 0.15) is 11.5 Å². The molecule has 0 saturated carbocycles. The van der Waals surface area contributed by atoms with Gasteiger partial charge in [-0.25, -0.2) is 0 Å². The average Bonchev–Trinajstić information content (AvgIpc) is 2.76. The summed E-state index contributed by atoms with van der Waals surface area (Å²) in [7, 11) is 1.67. The molecule has 0 aromatic heterocycles. The maximum absolute atomic E-state index is 11.0. The molecule has 0 spiro atoms. The van der Waals surface area contributed by atoms with Crippen molar-refractivity contribution in [3.05, 3.63) is 65.2 Å². The summed E-state index contributed by atoms with van der Waals surface area (Å²) in [5.41, 5.74) is 3.43. The molecule has 0 fully saturated rings. The van der Waals surface area contributed by atoms with Crippen molar-refractivity contribution in [3.8, 4) is 11.5 Å². The minimum atomic E-state index is -0.774. The van der Waals surface area contributed by atoms with Crippen LogP contribution in [0.4, 0.5) is 0 Å². The van der Waals surface area contributed by atoms with Gasteiger partial charge < -0.3 is 14.6 Å². The van der Waals surface area contributed by atoms with Crippen molar-refractivity contribution >= 4 is 12.0 Å². The number of hydrogen-bond donors (Lipinski definition) is 1. The zero-order valence-corrected chi connectivity index (χ0v) is 18.2. The van der Waals surface area contributed by atoms with Gasteiger partial charge in [0.05, 0.1) is 13.7 Å². The molecule has 0 heterocycles. The van der Waals surface area contributed by atoms with E-state index in [4.69, 9.17) is 14.6 Å². The third-order valence-corrected chi connectivity index (χ3v) is 5.00. The Labute approximate surface area is 180 Å². The van der Waals surface area contributed by atoms with Gasteiger partial charge in [-0.3, -0.25) is 4.79 Å². The molecule has 0 atom stereocenters. The van der Waals surface area contributed by atoms with Crippen molar-refractivity contribution in [2.75, 3.05) is 13.7 Å². The molecule has 4 heteroatoms. The second-order valence-electron chi connectivity index (χ2n) is 7.46. The smallest absolute Gasteiger partial charge is 0.303 e. The monoisotopic (exact) mass is 410 g/mol. The second-order valence-corrected chi connectivity index (χ2v) is 7.46. The molecule has 2 rings (SSSR count). The number of unbranched alkanes of at least 4 members (excludes halogenated alkanes) is 3. The van der Waals surface area contributed by atoms with Gasteiger partial charge in [0.15, 0.2) is 0 Å². The van der Waals surface area contributed by atoms with Gasteiger partial charge in [0, 0.05) is 6.42 Å². The van der Waals surface area contributed by atoms with E-state index in [0.29, 0.717) is 13.0 Å². The van der Waals surface area contributed by atoms with Gasteiger partial charge in [-0.15, -0.1) is 0 Å². The standard InChI is InChI=1S/C26H34O4/c1-3-4-9-22-13-17-25(23(20-22)14-18-26(27)28)30-19-8-6-5-7-10-21-11-15-24(29-2)16-12-21/h7,10-13,15-17,20H,3-6,8-9,14,18-19H2,1-2H3,(H,27,28)/b10-7+. The number of benzene rings is 2. The summed E-state index contributed by atoms with van der Waals surface area (Å²) in [5, 5.41) is 9.03. The summed E-state index contributed by atoms with van der Waals surface area (Å²) in [4.78, 5) is 11.0. The molecular formula is C26H34O4. The van der Waals surface area contributed by atoms with Crippen LogP contribution in [0.5, 0.6) is 11.5 Å².